The van der Waals surface area contributed by atoms with Crippen molar-refractivity contribution in [1.29, 1.82) is 0 Å². The number of rotatable bonds is 4. The van der Waals surface area contributed by atoms with Crippen LogP contribution in [0, 0.1) is 0 Å². The summed E-state index contributed by atoms with van der Waals surface area (Å²) in [4.78, 5) is 0. The molecule has 2 heteroatoms. The summed E-state index contributed by atoms with van der Waals surface area (Å²) >= 11 is 0. The maximum absolute atomic E-state index is 11.3. The van der Waals surface area contributed by atoms with Gasteiger partial charge in [0.05, 0.1) is 0 Å². The predicted octanol–water partition coefficient (Wildman–Crippen LogP) is 9.47. The monoisotopic (exact) mass is 514 g/mol. The third-order valence-electron chi connectivity index (χ3n) is 7.51. The lowest BCUT2D eigenvalue weighted by molar-refractivity contribution is 0.438. The molecule has 0 fully saturated rings. The van der Waals surface area contributed by atoms with Crippen molar-refractivity contribution < 1.29 is 10.2 Å². The third kappa shape index (κ3) is 6.82. The highest BCUT2D eigenvalue weighted by Crippen LogP contribution is 2.40. The summed E-state index contributed by atoms with van der Waals surface area (Å²) in [5, 5.41) is 22.6. The van der Waals surface area contributed by atoms with Gasteiger partial charge in [0.2, 0.25) is 0 Å². The van der Waals surface area contributed by atoms with E-state index in [1.54, 1.807) is 0 Å². The Morgan fingerprint density at radius 2 is 0.816 bits per heavy atom. The van der Waals surface area contributed by atoms with Gasteiger partial charge >= 0.3 is 0 Å². The standard InChI is InChI=1S/C36H50O2/c1-33(2,3)27-19-25(31(37)29(21-27)35(7,8)9)17-23-14-13-15-24(16-23)18-26-20-28(34(4,5)6)22-30(32(26)38)36(10,11)12/h13-16,19-22,37-38H,17-18H2,1-12H3. The van der Waals surface area contributed by atoms with Crippen molar-refractivity contribution in [1.82, 2.24) is 0 Å². The van der Waals surface area contributed by atoms with E-state index >= 15 is 0 Å². The largest absolute Gasteiger partial charge is 0.507 e. The van der Waals surface area contributed by atoms with Crippen molar-refractivity contribution in [2.24, 2.45) is 0 Å². The van der Waals surface area contributed by atoms with Gasteiger partial charge in [-0.1, -0.05) is 132 Å². The summed E-state index contributed by atoms with van der Waals surface area (Å²) in [5.74, 6) is 0.808. The van der Waals surface area contributed by atoms with Gasteiger partial charge in [-0.25, -0.2) is 0 Å². The average Bonchev–Trinajstić information content (AvgIpc) is 2.73. The molecule has 0 atom stereocenters. The van der Waals surface area contributed by atoms with Gasteiger partial charge in [-0.3, -0.25) is 0 Å². The first kappa shape index (κ1) is 29.8. The van der Waals surface area contributed by atoms with Crippen molar-refractivity contribution in [2.45, 2.75) is 118 Å². The summed E-state index contributed by atoms with van der Waals surface area (Å²) in [6.07, 6.45) is 1.32. The molecular weight excluding hydrogens is 464 g/mol. The highest BCUT2D eigenvalue weighted by Gasteiger charge is 2.26. The van der Waals surface area contributed by atoms with Gasteiger partial charge in [0.25, 0.3) is 0 Å². The van der Waals surface area contributed by atoms with Crippen LogP contribution in [0.2, 0.25) is 0 Å². The normalized spacial score (nSPS) is 13.2. The molecule has 3 aromatic rings. The minimum atomic E-state index is -0.150. The molecule has 0 aliphatic carbocycles. The summed E-state index contributed by atoms with van der Waals surface area (Å²) < 4.78 is 0. The van der Waals surface area contributed by atoms with E-state index < -0.39 is 0 Å². The van der Waals surface area contributed by atoms with Crippen LogP contribution in [0.5, 0.6) is 11.5 Å². The fourth-order valence-corrected chi connectivity index (χ4v) is 4.96. The molecule has 0 radical (unpaired) electrons. The molecule has 3 aromatic carbocycles. The Kier molecular flexibility index (Phi) is 7.92. The van der Waals surface area contributed by atoms with E-state index in [0.29, 0.717) is 24.3 Å². The molecule has 38 heavy (non-hydrogen) atoms. The van der Waals surface area contributed by atoms with Gasteiger partial charge in [0, 0.05) is 12.8 Å². The van der Waals surface area contributed by atoms with E-state index in [1.807, 2.05) is 0 Å². The zero-order valence-corrected chi connectivity index (χ0v) is 25.9. The summed E-state index contributed by atoms with van der Waals surface area (Å²) in [5.41, 5.74) is 8.40. The second-order valence-corrected chi connectivity index (χ2v) is 15.2. The number of phenolic OH excluding ortho intramolecular Hbond substituents is 2. The second kappa shape index (κ2) is 10.1. The van der Waals surface area contributed by atoms with Gasteiger partial charge in [-0.05, 0) is 66.2 Å². The molecule has 0 unspecified atom stereocenters. The van der Waals surface area contributed by atoms with Crippen molar-refractivity contribution in [3.8, 4) is 11.5 Å². The minimum absolute atomic E-state index is 0.00927. The fraction of sp³-hybridized carbons (Fsp3) is 0.500. The Morgan fingerprint density at radius 1 is 0.474 bits per heavy atom. The Bertz CT molecular complexity index is 1200. The molecule has 0 aromatic heterocycles. The number of phenols is 2. The van der Waals surface area contributed by atoms with Gasteiger partial charge in [0.15, 0.2) is 0 Å². The van der Waals surface area contributed by atoms with Crippen LogP contribution >= 0.6 is 0 Å². The predicted molar refractivity (Wildman–Crippen MR) is 163 cm³/mol. The zero-order chi connectivity index (χ0) is 28.8. The third-order valence-corrected chi connectivity index (χ3v) is 7.51. The molecule has 0 bridgehead atoms. The molecule has 0 heterocycles. The highest BCUT2D eigenvalue weighted by molar-refractivity contribution is 5.52. The van der Waals surface area contributed by atoms with E-state index in [2.05, 4.69) is 132 Å². The van der Waals surface area contributed by atoms with Gasteiger partial charge in [-0.2, -0.15) is 0 Å². The molecular formula is C36H50O2. The van der Waals surface area contributed by atoms with Crippen molar-refractivity contribution in [3.05, 3.63) is 93.0 Å². The topological polar surface area (TPSA) is 40.5 Å². The Balaban J connectivity index is 2.04. The lowest BCUT2D eigenvalue weighted by Crippen LogP contribution is -2.17. The van der Waals surface area contributed by atoms with Crippen LogP contribution in [0.15, 0.2) is 48.5 Å². The van der Waals surface area contributed by atoms with E-state index in [1.165, 1.54) is 11.1 Å². The molecule has 206 valence electrons. The molecule has 0 aliphatic rings. The quantitative estimate of drug-likeness (QED) is 0.364. The lowest BCUT2D eigenvalue weighted by Gasteiger charge is -2.28. The van der Waals surface area contributed by atoms with Gasteiger partial charge in [0.1, 0.15) is 11.5 Å². The number of hydrogen-bond acceptors (Lipinski definition) is 2. The number of benzene rings is 3. The van der Waals surface area contributed by atoms with Crippen LogP contribution in [-0.4, -0.2) is 10.2 Å². The molecule has 2 N–H and O–H groups in total. The summed E-state index contributed by atoms with van der Waals surface area (Å²) in [6.45, 7) is 26.3. The molecule has 0 saturated heterocycles. The van der Waals surface area contributed by atoms with E-state index in [-0.39, 0.29) is 21.7 Å². The van der Waals surface area contributed by atoms with Crippen molar-refractivity contribution in [3.63, 3.8) is 0 Å². The first-order chi connectivity index (χ1) is 17.2. The first-order valence-corrected chi connectivity index (χ1v) is 14.0. The average molecular weight is 515 g/mol. The Labute approximate surface area is 232 Å². The molecule has 0 saturated carbocycles. The van der Waals surface area contributed by atoms with Crippen LogP contribution in [0.4, 0.5) is 0 Å². The van der Waals surface area contributed by atoms with Crippen LogP contribution in [0.3, 0.4) is 0 Å². The number of aromatic hydroxyl groups is 2. The van der Waals surface area contributed by atoms with Gasteiger partial charge in [-0.15, -0.1) is 0 Å². The molecule has 0 amide bonds. The van der Waals surface area contributed by atoms with Gasteiger partial charge < -0.3 is 10.2 Å². The maximum Gasteiger partial charge on any atom is 0.122 e. The highest BCUT2D eigenvalue weighted by atomic mass is 16.3. The Hall–Kier alpha value is -2.74. The lowest BCUT2D eigenvalue weighted by atomic mass is 9.78. The van der Waals surface area contributed by atoms with E-state index in [0.717, 1.165) is 33.4 Å². The zero-order valence-electron chi connectivity index (χ0n) is 25.9. The van der Waals surface area contributed by atoms with E-state index in [4.69, 9.17) is 0 Å². The van der Waals surface area contributed by atoms with Crippen LogP contribution in [-0.2, 0) is 34.5 Å². The molecule has 0 spiro atoms. The SMILES string of the molecule is CC(C)(C)c1cc(Cc2cccc(Cc3cc(C(C)(C)C)cc(C(C)(C)C)c3O)c2)c(O)c(C(C)(C)C)c1. The molecule has 0 aliphatic heterocycles. The number of hydrogen-bond donors (Lipinski definition) is 2. The minimum Gasteiger partial charge on any atom is -0.507 e. The first-order valence-electron chi connectivity index (χ1n) is 14.0. The van der Waals surface area contributed by atoms with Crippen molar-refractivity contribution >= 4 is 0 Å². The van der Waals surface area contributed by atoms with Crippen LogP contribution in [0.1, 0.15) is 128 Å². The maximum atomic E-state index is 11.3. The van der Waals surface area contributed by atoms with Crippen molar-refractivity contribution in [2.75, 3.05) is 0 Å². The second-order valence-electron chi connectivity index (χ2n) is 15.2. The van der Waals surface area contributed by atoms with Crippen LogP contribution in [0.25, 0.3) is 0 Å². The van der Waals surface area contributed by atoms with Crippen LogP contribution < -0.4 is 0 Å². The summed E-state index contributed by atoms with van der Waals surface area (Å²) in [7, 11) is 0. The van der Waals surface area contributed by atoms with E-state index in [9.17, 15) is 10.2 Å². The Morgan fingerprint density at radius 3 is 1.11 bits per heavy atom. The smallest absolute Gasteiger partial charge is 0.122 e. The summed E-state index contributed by atoms with van der Waals surface area (Å²) in [6, 6.07) is 17.3. The fourth-order valence-electron chi connectivity index (χ4n) is 4.96. The molecule has 3 rings (SSSR count). The molecule has 2 nitrogen and oxygen atoms in total.